The molecular weight excluding hydrogens is 403 g/mol. The van der Waals surface area contributed by atoms with Crippen molar-refractivity contribution in [3.63, 3.8) is 0 Å². The Hall–Kier alpha value is -2.57. The zero-order chi connectivity index (χ0) is 20.7. The number of anilines is 2. The fourth-order valence-corrected chi connectivity index (χ4v) is 2.61. The predicted octanol–water partition coefficient (Wildman–Crippen LogP) is 4.51. The molecule has 0 heterocycles. The average molecular weight is 423 g/mol. The third kappa shape index (κ3) is 6.55. The third-order valence-corrected chi connectivity index (χ3v) is 4.73. The Morgan fingerprint density at radius 3 is 2.39 bits per heavy atom. The highest BCUT2D eigenvalue weighted by Crippen LogP contribution is 2.23. The second-order valence-electron chi connectivity index (χ2n) is 6.13. The van der Waals surface area contributed by atoms with Gasteiger partial charge in [-0.3, -0.25) is 14.4 Å². The Balaban J connectivity index is 1.73. The summed E-state index contributed by atoms with van der Waals surface area (Å²) in [6.07, 6.45) is -0.214. The fraction of sp³-hybridized carbons (Fsp3) is 0.250. The molecule has 2 amide bonds. The summed E-state index contributed by atoms with van der Waals surface area (Å²) in [5, 5.41) is 6.34. The zero-order valence-corrected chi connectivity index (χ0v) is 17.0. The molecule has 28 heavy (non-hydrogen) atoms. The Bertz CT molecular complexity index is 900. The van der Waals surface area contributed by atoms with Crippen LogP contribution in [-0.2, 0) is 19.1 Å². The lowest BCUT2D eigenvalue weighted by atomic mass is 10.2. The monoisotopic (exact) mass is 422 g/mol. The van der Waals surface area contributed by atoms with Crippen molar-refractivity contribution in [3.05, 3.63) is 57.6 Å². The first kappa shape index (κ1) is 21.7. The second kappa shape index (κ2) is 10.1. The van der Waals surface area contributed by atoms with Crippen LogP contribution in [0, 0.1) is 13.8 Å². The van der Waals surface area contributed by atoms with E-state index in [-0.39, 0.29) is 18.7 Å². The maximum atomic E-state index is 11.9. The van der Waals surface area contributed by atoms with E-state index in [4.69, 9.17) is 27.9 Å². The molecule has 6 nitrogen and oxygen atoms in total. The molecule has 0 aromatic heterocycles. The van der Waals surface area contributed by atoms with Crippen LogP contribution in [0.25, 0.3) is 0 Å². The third-order valence-electron chi connectivity index (χ3n) is 3.92. The van der Waals surface area contributed by atoms with Gasteiger partial charge in [0.25, 0.3) is 5.91 Å². The number of aryl methyl sites for hydroxylation is 1. The zero-order valence-electron chi connectivity index (χ0n) is 15.5. The Labute approximate surface area is 173 Å². The minimum absolute atomic E-state index is 0.0701. The van der Waals surface area contributed by atoms with E-state index in [2.05, 4.69) is 10.6 Å². The molecule has 2 aromatic carbocycles. The molecule has 0 unspecified atom stereocenters. The average Bonchev–Trinajstić information content (AvgIpc) is 2.65. The number of halogens is 2. The van der Waals surface area contributed by atoms with E-state index < -0.39 is 18.5 Å². The van der Waals surface area contributed by atoms with Crippen LogP contribution in [0.15, 0.2) is 36.4 Å². The first-order valence-electron chi connectivity index (χ1n) is 8.53. The highest BCUT2D eigenvalue weighted by Gasteiger charge is 2.12. The molecule has 0 saturated carbocycles. The molecule has 0 bridgehead atoms. The van der Waals surface area contributed by atoms with Gasteiger partial charge in [0, 0.05) is 27.8 Å². The number of nitrogens with one attached hydrogen (secondary N) is 2. The molecule has 0 spiro atoms. The summed E-state index contributed by atoms with van der Waals surface area (Å²) < 4.78 is 4.90. The van der Waals surface area contributed by atoms with Crippen LogP contribution < -0.4 is 10.6 Å². The molecule has 0 saturated heterocycles. The number of carbonyl (C=O) groups is 3. The minimum Gasteiger partial charge on any atom is -0.456 e. The van der Waals surface area contributed by atoms with Crippen LogP contribution in [0.2, 0.25) is 10.0 Å². The van der Waals surface area contributed by atoms with Gasteiger partial charge < -0.3 is 15.4 Å². The molecule has 0 atom stereocenters. The smallest absolute Gasteiger partial charge is 0.306 e. The van der Waals surface area contributed by atoms with Gasteiger partial charge in [0.1, 0.15) is 0 Å². The number of hydrogen-bond donors (Lipinski definition) is 2. The van der Waals surface area contributed by atoms with Crippen LogP contribution in [0.5, 0.6) is 0 Å². The van der Waals surface area contributed by atoms with Crippen molar-refractivity contribution < 1.29 is 19.1 Å². The van der Waals surface area contributed by atoms with Crippen LogP contribution in [-0.4, -0.2) is 24.4 Å². The quantitative estimate of drug-likeness (QED) is 0.642. The maximum Gasteiger partial charge on any atom is 0.306 e. The van der Waals surface area contributed by atoms with Gasteiger partial charge in [-0.05, 0) is 49.2 Å². The van der Waals surface area contributed by atoms with Gasteiger partial charge in [-0.15, -0.1) is 0 Å². The summed E-state index contributed by atoms with van der Waals surface area (Å²) in [7, 11) is 0. The Kier molecular flexibility index (Phi) is 7.84. The molecule has 8 heteroatoms. The van der Waals surface area contributed by atoms with Crippen LogP contribution in [0.3, 0.4) is 0 Å². The number of amides is 2. The summed E-state index contributed by atoms with van der Waals surface area (Å²) in [5.41, 5.74) is 2.71. The molecule has 0 fully saturated rings. The SMILES string of the molecule is Cc1ccc(NC(=O)CCC(=O)OCC(=O)Nc2cccc(Cl)c2C)cc1Cl. The lowest BCUT2D eigenvalue weighted by Gasteiger charge is -2.10. The van der Waals surface area contributed by atoms with Crippen LogP contribution >= 0.6 is 23.2 Å². The molecule has 0 aliphatic rings. The molecule has 2 N–H and O–H groups in total. The molecule has 148 valence electrons. The number of ether oxygens (including phenoxy) is 1. The van der Waals surface area contributed by atoms with E-state index in [0.29, 0.717) is 21.4 Å². The van der Waals surface area contributed by atoms with E-state index in [1.54, 1.807) is 43.3 Å². The fourth-order valence-electron chi connectivity index (χ4n) is 2.26. The van der Waals surface area contributed by atoms with E-state index in [1.165, 1.54) is 0 Å². The van der Waals surface area contributed by atoms with Crippen molar-refractivity contribution in [3.8, 4) is 0 Å². The predicted molar refractivity (Wildman–Crippen MR) is 110 cm³/mol. The largest absolute Gasteiger partial charge is 0.456 e. The summed E-state index contributed by atoms with van der Waals surface area (Å²) in [6, 6.07) is 10.3. The van der Waals surface area contributed by atoms with Crippen LogP contribution in [0.4, 0.5) is 11.4 Å². The summed E-state index contributed by atoms with van der Waals surface area (Å²) in [4.78, 5) is 35.6. The van der Waals surface area contributed by atoms with Gasteiger partial charge in [0.05, 0.1) is 6.42 Å². The van der Waals surface area contributed by atoms with Crippen molar-refractivity contribution >= 4 is 52.4 Å². The number of benzene rings is 2. The molecule has 2 aromatic rings. The standard InChI is InChI=1S/C20H20Cl2N2O4/c1-12-6-7-14(10-16(12)22)23-18(25)8-9-20(27)28-11-19(26)24-17-5-3-4-15(21)13(17)2/h3-7,10H,8-9,11H2,1-2H3,(H,23,25)(H,24,26). The van der Waals surface area contributed by atoms with E-state index in [0.717, 1.165) is 11.1 Å². The summed E-state index contributed by atoms with van der Waals surface area (Å²) >= 11 is 12.0. The summed E-state index contributed by atoms with van der Waals surface area (Å²) in [5.74, 6) is -1.48. The minimum atomic E-state index is -0.643. The second-order valence-corrected chi connectivity index (χ2v) is 6.95. The number of esters is 1. The molecular formula is C20H20Cl2N2O4. The van der Waals surface area contributed by atoms with Crippen molar-refractivity contribution in [2.24, 2.45) is 0 Å². The highest BCUT2D eigenvalue weighted by molar-refractivity contribution is 6.32. The Morgan fingerprint density at radius 2 is 1.68 bits per heavy atom. The van der Waals surface area contributed by atoms with Gasteiger partial charge in [0.2, 0.25) is 5.91 Å². The van der Waals surface area contributed by atoms with Gasteiger partial charge in [0.15, 0.2) is 6.61 Å². The van der Waals surface area contributed by atoms with Crippen molar-refractivity contribution in [2.75, 3.05) is 17.2 Å². The first-order chi connectivity index (χ1) is 13.3. The normalized spacial score (nSPS) is 10.3. The number of hydrogen-bond acceptors (Lipinski definition) is 4. The number of rotatable bonds is 7. The van der Waals surface area contributed by atoms with Crippen molar-refractivity contribution in [1.29, 1.82) is 0 Å². The Morgan fingerprint density at radius 1 is 0.929 bits per heavy atom. The van der Waals surface area contributed by atoms with E-state index in [9.17, 15) is 14.4 Å². The lowest BCUT2D eigenvalue weighted by Crippen LogP contribution is -2.22. The number of carbonyl (C=O) groups excluding carboxylic acids is 3. The molecule has 0 aliphatic heterocycles. The van der Waals surface area contributed by atoms with Crippen molar-refractivity contribution in [1.82, 2.24) is 0 Å². The lowest BCUT2D eigenvalue weighted by molar-refractivity contribution is -0.147. The van der Waals surface area contributed by atoms with Crippen LogP contribution in [0.1, 0.15) is 24.0 Å². The summed E-state index contributed by atoms with van der Waals surface area (Å²) in [6.45, 7) is 3.18. The van der Waals surface area contributed by atoms with Gasteiger partial charge in [-0.25, -0.2) is 0 Å². The van der Waals surface area contributed by atoms with Gasteiger partial charge in [-0.1, -0.05) is 35.3 Å². The topological polar surface area (TPSA) is 84.5 Å². The molecule has 2 rings (SSSR count). The molecule has 0 radical (unpaired) electrons. The highest BCUT2D eigenvalue weighted by atomic mass is 35.5. The molecule has 0 aliphatic carbocycles. The first-order valence-corrected chi connectivity index (χ1v) is 9.28. The van der Waals surface area contributed by atoms with Gasteiger partial charge >= 0.3 is 5.97 Å². The maximum absolute atomic E-state index is 11.9. The van der Waals surface area contributed by atoms with Gasteiger partial charge in [-0.2, -0.15) is 0 Å². The van der Waals surface area contributed by atoms with E-state index in [1.807, 2.05) is 6.92 Å². The van der Waals surface area contributed by atoms with Crippen molar-refractivity contribution in [2.45, 2.75) is 26.7 Å². The van der Waals surface area contributed by atoms with E-state index >= 15 is 0 Å².